The Bertz CT molecular complexity index is 1220. The Balaban J connectivity index is 1.14. The standard InChI is InChI=1S/C34H42ClN3O/c35-31-9-8-27-29(37-31)7-4-11-34(27)20-36-19-28(34)33(39)38-12-10-24(23-5-2-1-3-6-23)18-30(38)32-25-14-21-13-22(16-25)17-26(32)15-21/h1-3,5-6,8-9,21-22,24-26,28,30,32,36H,4,7,10-20H2/t21-,22+,24?,25-,26+,28-,30?,32?,34-/m0/s1. The number of fused-ring (bicyclic) bond motifs is 2. The molecule has 39 heavy (non-hydrogen) atoms. The lowest BCUT2D eigenvalue weighted by atomic mass is 9.49. The fourth-order valence-electron chi connectivity index (χ4n) is 10.9. The van der Waals surface area contributed by atoms with Crippen molar-refractivity contribution in [3.05, 3.63) is 64.4 Å². The van der Waals surface area contributed by atoms with Gasteiger partial charge in [0.15, 0.2) is 0 Å². The fourth-order valence-corrected chi connectivity index (χ4v) is 11.1. The Morgan fingerprint density at radius 3 is 2.51 bits per heavy atom. The zero-order valence-electron chi connectivity index (χ0n) is 23.0. The number of hydrogen-bond donors (Lipinski definition) is 1. The van der Waals surface area contributed by atoms with Gasteiger partial charge in [0.1, 0.15) is 5.15 Å². The number of aromatic nitrogens is 1. The van der Waals surface area contributed by atoms with Crippen molar-refractivity contribution in [3.8, 4) is 0 Å². The molecule has 1 amide bonds. The summed E-state index contributed by atoms with van der Waals surface area (Å²) in [7, 11) is 0. The number of halogens is 1. The normalized spacial score (nSPS) is 40.7. The molecule has 206 valence electrons. The molecule has 7 aliphatic rings. The molecule has 1 N–H and O–H groups in total. The number of piperidine rings is 1. The lowest BCUT2D eigenvalue weighted by molar-refractivity contribution is -0.149. The molecule has 2 unspecified atom stereocenters. The first-order valence-corrected chi connectivity index (χ1v) is 16.2. The van der Waals surface area contributed by atoms with Crippen molar-refractivity contribution in [1.29, 1.82) is 0 Å². The fraction of sp³-hybridized carbons (Fsp3) is 0.647. The van der Waals surface area contributed by atoms with Crippen molar-refractivity contribution in [3.63, 3.8) is 0 Å². The highest BCUT2D eigenvalue weighted by molar-refractivity contribution is 6.29. The van der Waals surface area contributed by atoms with Crippen LogP contribution in [0.5, 0.6) is 0 Å². The molecule has 1 aromatic heterocycles. The number of rotatable bonds is 3. The average molecular weight is 544 g/mol. The van der Waals surface area contributed by atoms with Crippen LogP contribution in [0.3, 0.4) is 0 Å². The Morgan fingerprint density at radius 1 is 0.974 bits per heavy atom. The highest BCUT2D eigenvalue weighted by Crippen LogP contribution is 2.59. The number of amides is 1. The van der Waals surface area contributed by atoms with Gasteiger partial charge in [-0.2, -0.15) is 0 Å². The maximum atomic E-state index is 14.9. The van der Waals surface area contributed by atoms with Crippen molar-refractivity contribution in [1.82, 2.24) is 15.2 Å². The summed E-state index contributed by atoms with van der Waals surface area (Å²) >= 11 is 6.32. The molecule has 4 saturated carbocycles. The van der Waals surface area contributed by atoms with Crippen LogP contribution in [0, 0.1) is 35.5 Å². The van der Waals surface area contributed by atoms with Gasteiger partial charge < -0.3 is 10.2 Å². The Labute approximate surface area is 238 Å². The lowest BCUT2D eigenvalue weighted by Gasteiger charge is -2.59. The molecule has 3 heterocycles. The van der Waals surface area contributed by atoms with Gasteiger partial charge in [-0.15, -0.1) is 0 Å². The van der Waals surface area contributed by atoms with E-state index in [1.54, 1.807) is 0 Å². The molecule has 5 heteroatoms. The van der Waals surface area contributed by atoms with Gasteiger partial charge in [-0.3, -0.25) is 4.79 Å². The average Bonchev–Trinajstić information content (AvgIpc) is 3.36. The molecule has 6 fully saturated rings. The third-order valence-electron chi connectivity index (χ3n) is 12.2. The summed E-state index contributed by atoms with van der Waals surface area (Å²) in [6, 6.07) is 15.7. The zero-order valence-corrected chi connectivity index (χ0v) is 23.8. The number of pyridine rings is 1. The summed E-state index contributed by atoms with van der Waals surface area (Å²) in [5, 5.41) is 4.25. The number of carbonyl (C=O) groups excluding carboxylic acids is 1. The van der Waals surface area contributed by atoms with E-state index < -0.39 is 0 Å². The molecule has 0 radical (unpaired) electrons. The van der Waals surface area contributed by atoms with Crippen LogP contribution in [0.25, 0.3) is 0 Å². The van der Waals surface area contributed by atoms with Gasteiger partial charge in [0, 0.05) is 36.8 Å². The summed E-state index contributed by atoms with van der Waals surface area (Å²) in [6.07, 6.45) is 12.5. The lowest BCUT2D eigenvalue weighted by Crippen LogP contribution is -2.59. The van der Waals surface area contributed by atoms with E-state index in [4.69, 9.17) is 16.6 Å². The minimum absolute atomic E-state index is 0.00728. The molecule has 9 rings (SSSR count). The molecular formula is C34H42ClN3O. The molecule has 1 aromatic carbocycles. The minimum Gasteiger partial charge on any atom is -0.339 e. The maximum Gasteiger partial charge on any atom is 0.228 e. The highest BCUT2D eigenvalue weighted by Gasteiger charge is 2.56. The molecule has 4 bridgehead atoms. The minimum atomic E-state index is -0.146. The molecule has 1 spiro atoms. The van der Waals surface area contributed by atoms with Gasteiger partial charge in [-0.25, -0.2) is 4.98 Å². The molecule has 5 aliphatic carbocycles. The van der Waals surface area contributed by atoms with Crippen LogP contribution in [-0.4, -0.2) is 41.5 Å². The van der Waals surface area contributed by atoms with Gasteiger partial charge in [0.25, 0.3) is 0 Å². The predicted molar refractivity (Wildman–Crippen MR) is 155 cm³/mol. The van der Waals surface area contributed by atoms with E-state index in [2.05, 4.69) is 46.6 Å². The van der Waals surface area contributed by atoms with Crippen LogP contribution >= 0.6 is 11.6 Å². The van der Waals surface area contributed by atoms with Crippen LogP contribution in [0.2, 0.25) is 5.15 Å². The summed E-state index contributed by atoms with van der Waals surface area (Å²) < 4.78 is 0. The molecule has 2 aliphatic heterocycles. The number of nitrogens with zero attached hydrogens (tertiary/aromatic N) is 2. The number of carbonyl (C=O) groups is 1. The second-order valence-electron chi connectivity index (χ2n) is 14.1. The predicted octanol–water partition coefficient (Wildman–Crippen LogP) is 6.38. The first kappa shape index (κ1) is 24.9. The SMILES string of the molecule is O=C([C@@H]1CNC[C@]12CCCc1nc(Cl)ccc12)N1CCC(c2ccccc2)CC1C1[C@H]2C[C@@H]3C[C@@H](C[C@H]1C3)C2. The number of hydrogen-bond acceptors (Lipinski definition) is 3. The third-order valence-corrected chi connectivity index (χ3v) is 12.4. The number of aryl methyl sites for hydroxylation is 1. The van der Waals surface area contributed by atoms with Crippen molar-refractivity contribution >= 4 is 17.5 Å². The number of likely N-dealkylation sites (tertiary alicyclic amines) is 1. The zero-order chi connectivity index (χ0) is 26.1. The number of benzene rings is 1. The van der Waals surface area contributed by atoms with Gasteiger partial charge >= 0.3 is 0 Å². The van der Waals surface area contributed by atoms with Crippen molar-refractivity contribution in [2.75, 3.05) is 19.6 Å². The van der Waals surface area contributed by atoms with Gasteiger partial charge in [-0.1, -0.05) is 48.0 Å². The molecule has 2 aromatic rings. The Morgan fingerprint density at radius 2 is 1.74 bits per heavy atom. The van der Waals surface area contributed by atoms with Crippen molar-refractivity contribution in [2.45, 2.75) is 81.6 Å². The molecule has 4 atom stereocenters. The third kappa shape index (κ3) is 4.02. The summed E-state index contributed by atoms with van der Waals surface area (Å²) in [6.45, 7) is 2.57. The number of nitrogens with one attached hydrogen (secondary N) is 1. The quantitative estimate of drug-likeness (QED) is 0.457. The first-order valence-electron chi connectivity index (χ1n) is 15.8. The smallest absolute Gasteiger partial charge is 0.228 e. The Kier molecular flexibility index (Phi) is 6.11. The maximum absolute atomic E-state index is 14.9. The summed E-state index contributed by atoms with van der Waals surface area (Å²) in [5.41, 5.74) is 3.73. The van der Waals surface area contributed by atoms with Crippen molar-refractivity contribution < 1.29 is 4.79 Å². The van der Waals surface area contributed by atoms with E-state index in [1.807, 2.05) is 6.07 Å². The van der Waals surface area contributed by atoms with Gasteiger partial charge in [0.05, 0.1) is 5.92 Å². The van der Waals surface area contributed by atoms with Crippen molar-refractivity contribution in [2.24, 2.45) is 35.5 Å². The van der Waals surface area contributed by atoms with Crippen LogP contribution in [0.1, 0.15) is 80.5 Å². The summed E-state index contributed by atoms with van der Waals surface area (Å²) in [4.78, 5) is 22.1. The van der Waals surface area contributed by atoms with E-state index in [0.29, 0.717) is 28.9 Å². The second-order valence-corrected chi connectivity index (χ2v) is 14.4. The molecule has 4 nitrogen and oxygen atoms in total. The molecule has 2 saturated heterocycles. The second kappa shape index (κ2) is 9.58. The van der Waals surface area contributed by atoms with Gasteiger partial charge in [0.2, 0.25) is 5.91 Å². The Hall–Kier alpha value is -1.91. The monoisotopic (exact) mass is 543 g/mol. The van der Waals surface area contributed by atoms with E-state index in [9.17, 15) is 4.79 Å². The first-order chi connectivity index (χ1) is 19.1. The largest absolute Gasteiger partial charge is 0.339 e. The van der Waals surface area contributed by atoms with E-state index in [1.165, 1.54) is 43.2 Å². The van der Waals surface area contributed by atoms with Crippen LogP contribution in [-0.2, 0) is 16.6 Å². The van der Waals surface area contributed by atoms with Crippen LogP contribution in [0.15, 0.2) is 42.5 Å². The summed E-state index contributed by atoms with van der Waals surface area (Å²) in [5.74, 6) is 5.25. The van der Waals surface area contributed by atoms with Gasteiger partial charge in [-0.05, 0) is 117 Å². The topological polar surface area (TPSA) is 45.2 Å². The molecular weight excluding hydrogens is 502 g/mol. The van der Waals surface area contributed by atoms with E-state index in [0.717, 1.165) is 81.1 Å². The highest BCUT2D eigenvalue weighted by atomic mass is 35.5. The van der Waals surface area contributed by atoms with E-state index >= 15 is 0 Å². The van der Waals surface area contributed by atoms with Crippen LogP contribution in [0.4, 0.5) is 0 Å². The van der Waals surface area contributed by atoms with Crippen LogP contribution < -0.4 is 5.32 Å². The van der Waals surface area contributed by atoms with E-state index in [-0.39, 0.29) is 11.3 Å².